The van der Waals surface area contributed by atoms with Crippen LogP contribution in [0, 0.1) is 11.2 Å². The molecule has 118 valence electrons. The summed E-state index contributed by atoms with van der Waals surface area (Å²) in [6, 6.07) is 6.48. The molecule has 0 radical (unpaired) electrons. The zero-order chi connectivity index (χ0) is 16.2. The Morgan fingerprint density at radius 1 is 1.27 bits per heavy atom. The van der Waals surface area contributed by atoms with Crippen molar-refractivity contribution in [2.24, 2.45) is 5.41 Å². The molecule has 1 amide bonds. The van der Waals surface area contributed by atoms with Crippen molar-refractivity contribution in [3.63, 3.8) is 0 Å². The quantitative estimate of drug-likeness (QED) is 0.907. The van der Waals surface area contributed by atoms with Gasteiger partial charge >= 0.3 is 0 Å². The summed E-state index contributed by atoms with van der Waals surface area (Å²) < 4.78 is 12.9. The molecule has 0 unspecified atom stereocenters. The van der Waals surface area contributed by atoms with Crippen molar-refractivity contribution in [1.29, 1.82) is 0 Å². The summed E-state index contributed by atoms with van der Waals surface area (Å²) in [5.74, 6) is -0.182. The van der Waals surface area contributed by atoms with Gasteiger partial charge in [0.05, 0.1) is 6.54 Å². The zero-order valence-corrected chi connectivity index (χ0v) is 14.0. The van der Waals surface area contributed by atoms with Gasteiger partial charge < -0.3 is 5.32 Å². The van der Waals surface area contributed by atoms with E-state index in [0.29, 0.717) is 13.0 Å². The van der Waals surface area contributed by atoms with Crippen molar-refractivity contribution in [3.8, 4) is 0 Å². The van der Waals surface area contributed by atoms with Crippen LogP contribution < -0.4 is 5.32 Å². The first-order valence-corrected chi connectivity index (χ1v) is 8.08. The van der Waals surface area contributed by atoms with Crippen LogP contribution in [0.15, 0.2) is 30.5 Å². The molecule has 1 aromatic carbocycles. The molecule has 0 atom stereocenters. The molecule has 5 heteroatoms. The van der Waals surface area contributed by atoms with Crippen LogP contribution in [-0.2, 0) is 17.8 Å². The van der Waals surface area contributed by atoms with E-state index in [2.05, 4.69) is 10.3 Å². The molecule has 1 heterocycles. The predicted molar refractivity (Wildman–Crippen MR) is 87.2 cm³/mol. The molecular formula is C17H21FN2OS. The van der Waals surface area contributed by atoms with Gasteiger partial charge in [-0.25, -0.2) is 9.37 Å². The third-order valence-corrected chi connectivity index (χ3v) is 4.02. The number of nitrogens with one attached hydrogen (secondary N) is 1. The number of carbonyl (C=O) groups excluding carboxylic acids is 1. The molecule has 0 saturated carbocycles. The Balaban J connectivity index is 1.86. The number of thiazole rings is 1. The van der Waals surface area contributed by atoms with Gasteiger partial charge in [-0.05, 0) is 23.1 Å². The van der Waals surface area contributed by atoms with E-state index in [1.165, 1.54) is 12.1 Å². The van der Waals surface area contributed by atoms with Gasteiger partial charge in [0.25, 0.3) is 0 Å². The standard InChI is InChI=1S/C17H21FN2OS/c1-17(2,3)9-15(21)19-11-16-20-10-14(22-16)8-12-4-6-13(18)7-5-12/h4-7,10H,8-9,11H2,1-3H3,(H,19,21). The first-order chi connectivity index (χ1) is 10.3. The highest BCUT2D eigenvalue weighted by atomic mass is 32.1. The molecule has 0 aliphatic carbocycles. The van der Waals surface area contributed by atoms with E-state index >= 15 is 0 Å². The molecule has 2 rings (SSSR count). The van der Waals surface area contributed by atoms with Crippen LogP contribution >= 0.6 is 11.3 Å². The average molecular weight is 320 g/mol. The van der Waals surface area contributed by atoms with Gasteiger partial charge in [0.2, 0.25) is 5.91 Å². The highest BCUT2D eigenvalue weighted by Crippen LogP contribution is 2.19. The van der Waals surface area contributed by atoms with Crippen molar-refractivity contribution in [3.05, 3.63) is 51.7 Å². The topological polar surface area (TPSA) is 42.0 Å². The molecule has 2 aromatic rings. The number of hydrogen-bond acceptors (Lipinski definition) is 3. The zero-order valence-electron chi connectivity index (χ0n) is 13.1. The van der Waals surface area contributed by atoms with Gasteiger partial charge in [0, 0.05) is 23.9 Å². The van der Waals surface area contributed by atoms with E-state index in [0.717, 1.165) is 21.9 Å². The fraction of sp³-hybridized carbons (Fsp3) is 0.412. The lowest BCUT2D eigenvalue weighted by Gasteiger charge is -2.16. The van der Waals surface area contributed by atoms with E-state index in [1.54, 1.807) is 23.5 Å². The third-order valence-electron chi connectivity index (χ3n) is 3.02. The number of amides is 1. The Bertz CT molecular complexity index is 629. The summed E-state index contributed by atoms with van der Waals surface area (Å²) in [5, 5.41) is 3.79. The van der Waals surface area contributed by atoms with E-state index in [1.807, 2.05) is 27.0 Å². The van der Waals surface area contributed by atoms with E-state index in [4.69, 9.17) is 0 Å². The molecule has 0 fully saturated rings. The summed E-state index contributed by atoms with van der Waals surface area (Å²) in [6.07, 6.45) is 3.05. The predicted octanol–water partition coefficient (Wildman–Crippen LogP) is 3.93. The molecule has 1 aromatic heterocycles. The number of rotatable bonds is 5. The molecule has 0 saturated heterocycles. The van der Waals surface area contributed by atoms with Gasteiger partial charge in [-0.3, -0.25) is 4.79 Å². The van der Waals surface area contributed by atoms with Gasteiger partial charge in [0.1, 0.15) is 10.8 Å². The van der Waals surface area contributed by atoms with Crippen LogP contribution in [0.1, 0.15) is 42.6 Å². The normalized spacial score (nSPS) is 11.5. The third kappa shape index (κ3) is 5.56. The molecule has 0 spiro atoms. The summed E-state index contributed by atoms with van der Waals surface area (Å²) in [4.78, 5) is 17.2. The maximum Gasteiger partial charge on any atom is 0.220 e. The largest absolute Gasteiger partial charge is 0.350 e. The maximum absolute atomic E-state index is 12.9. The first kappa shape index (κ1) is 16.6. The summed E-state index contributed by atoms with van der Waals surface area (Å²) in [5.41, 5.74) is 1.04. The lowest BCUT2D eigenvalue weighted by molar-refractivity contribution is -0.122. The Labute approximate surface area is 134 Å². The van der Waals surface area contributed by atoms with E-state index in [-0.39, 0.29) is 17.1 Å². The second-order valence-electron chi connectivity index (χ2n) is 6.54. The Morgan fingerprint density at radius 3 is 2.59 bits per heavy atom. The van der Waals surface area contributed by atoms with E-state index in [9.17, 15) is 9.18 Å². The smallest absolute Gasteiger partial charge is 0.220 e. The maximum atomic E-state index is 12.9. The SMILES string of the molecule is CC(C)(C)CC(=O)NCc1ncc(Cc2ccc(F)cc2)s1. The van der Waals surface area contributed by atoms with Crippen LogP contribution in [0.25, 0.3) is 0 Å². The van der Waals surface area contributed by atoms with Crippen LogP contribution in [-0.4, -0.2) is 10.9 Å². The Morgan fingerprint density at radius 2 is 1.95 bits per heavy atom. The van der Waals surface area contributed by atoms with Gasteiger partial charge in [-0.1, -0.05) is 32.9 Å². The van der Waals surface area contributed by atoms with Crippen molar-refractivity contribution < 1.29 is 9.18 Å². The number of halogens is 1. The van der Waals surface area contributed by atoms with Gasteiger partial charge in [-0.15, -0.1) is 11.3 Å². The fourth-order valence-corrected chi connectivity index (χ4v) is 2.93. The van der Waals surface area contributed by atoms with Crippen molar-refractivity contribution in [2.75, 3.05) is 0 Å². The Hall–Kier alpha value is -1.75. The minimum atomic E-state index is -0.227. The minimum Gasteiger partial charge on any atom is -0.350 e. The number of nitrogens with zero attached hydrogens (tertiary/aromatic N) is 1. The second-order valence-corrected chi connectivity index (χ2v) is 7.74. The molecular weight excluding hydrogens is 299 g/mol. The number of carbonyl (C=O) groups is 1. The summed E-state index contributed by atoms with van der Waals surface area (Å²) in [6.45, 7) is 6.58. The van der Waals surface area contributed by atoms with Gasteiger partial charge in [-0.2, -0.15) is 0 Å². The first-order valence-electron chi connectivity index (χ1n) is 7.26. The fourth-order valence-electron chi connectivity index (χ4n) is 2.03. The van der Waals surface area contributed by atoms with Crippen molar-refractivity contribution in [1.82, 2.24) is 10.3 Å². The molecule has 0 bridgehead atoms. The second kappa shape index (κ2) is 7.01. The number of aromatic nitrogens is 1. The molecule has 0 aliphatic heterocycles. The highest BCUT2D eigenvalue weighted by molar-refractivity contribution is 7.11. The Kier molecular flexibility index (Phi) is 5.29. The minimum absolute atomic E-state index is 0.0132. The lowest BCUT2D eigenvalue weighted by atomic mass is 9.92. The van der Waals surface area contributed by atoms with Crippen LogP contribution in [0.4, 0.5) is 4.39 Å². The number of benzene rings is 1. The van der Waals surface area contributed by atoms with Crippen molar-refractivity contribution >= 4 is 17.2 Å². The van der Waals surface area contributed by atoms with E-state index < -0.39 is 0 Å². The average Bonchev–Trinajstić information content (AvgIpc) is 2.85. The van der Waals surface area contributed by atoms with Crippen LogP contribution in [0.5, 0.6) is 0 Å². The summed E-state index contributed by atoms with van der Waals surface area (Å²) >= 11 is 1.57. The molecule has 3 nitrogen and oxygen atoms in total. The summed E-state index contributed by atoms with van der Waals surface area (Å²) in [7, 11) is 0. The molecule has 0 aliphatic rings. The number of hydrogen-bond donors (Lipinski definition) is 1. The lowest BCUT2D eigenvalue weighted by Crippen LogP contribution is -2.27. The monoisotopic (exact) mass is 320 g/mol. The van der Waals surface area contributed by atoms with Crippen LogP contribution in [0.3, 0.4) is 0 Å². The van der Waals surface area contributed by atoms with Crippen molar-refractivity contribution in [2.45, 2.75) is 40.2 Å². The van der Waals surface area contributed by atoms with Gasteiger partial charge in [0.15, 0.2) is 0 Å². The molecule has 22 heavy (non-hydrogen) atoms. The highest BCUT2D eigenvalue weighted by Gasteiger charge is 2.15. The molecule has 1 N–H and O–H groups in total. The van der Waals surface area contributed by atoms with Crippen LogP contribution in [0.2, 0.25) is 0 Å².